The maximum absolute atomic E-state index is 11.4. The quantitative estimate of drug-likeness (QED) is 0.635. The van der Waals surface area contributed by atoms with Gasteiger partial charge in [-0.05, 0) is 36.4 Å². The summed E-state index contributed by atoms with van der Waals surface area (Å²) < 4.78 is 0.899. The second-order valence-corrected chi connectivity index (χ2v) is 6.82. The van der Waals surface area contributed by atoms with Gasteiger partial charge in [-0.3, -0.25) is 0 Å². The molecular formula is C15H9BrClNO2S. The van der Waals surface area contributed by atoms with Gasteiger partial charge in [-0.2, -0.15) is 0 Å². The third-order valence-corrected chi connectivity index (χ3v) is 4.84. The number of fused-ring (bicyclic) bond motifs is 1. The van der Waals surface area contributed by atoms with Crippen molar-refractivity contribution < 1.29 is 9.90 Å². The Hall–Kier alpha value is -1.43. The van der Waals surface area contributed by atoms with E-state index in [9.17, 15) is 9.90 Å². The van der Waals surface area contributed by atoms with Gasteiger partial charge in [0.25, 0.3) is 0 Å². The van der Waals surface area contributed by atoms with Gasteiger partial charge in [-0.25, -0.2) is 4.79 Å². The van der Waals surface area contributed by atoms with Gasteiger partial charge in [-0.1, -0.05) is 45.4 Å². The highest BCUT2D eigenvalue weighted by Crippen LogP contribution is 2.37. The molecule has 0 aliphatic heterocycles. The van der Waals surface area contributed by atoms with Gasteiger partial charge in [0.15, 0.2) is 0 Å². The van der Waals surface area contributed by atoms with Crippen LogP contribution in [0.4, 0.5) is 0 Å². The van der Waals surface area contributed by atoms with E-state index in [1.807, 2.05) is 30.3 Å². The smallest absolute Gasteiger partial charge is 0.353 e. The van der Waals surface area contributed by atoms with Gasteiger partial charge in [0.1, 0.15) is 5.69 Å². The van der Waals surface area contributed by atoms with Crippen molar-refractivity contribution in [3.8, 4) is 0 Å². The van der Waals surface area contributed by atoms with E-state index in [-0.39, 0.29) is 5.69 Å². The fraction of sp³-hybridized carbons (Fsp3) is 0. The van der Waals surface area contributed by atoms with Crippen LogP contribution in [-0.4, -0.2) is 16.1 Å². The zero-order chi connectivity index (χ0) is 15.0. The summed E-state index contributed by atoms with van der Waals surface area (Å²) in [5.41, 5.74) is 0.987. The first-order valence-electron chi connectivity index (χ1n) is 6.02. The number of aromatic amines is 1. The molecule has 3 rings (SSSR count). The number of hydrogen-bond acceptors (Lipinski definition) is 2. The van der Waals surface area contributed by atoms with Crippen molar-refractivity contribution in [2.45, 2.75) is 9.79 Å². The Morgan fingerprint density at radius 1 is 1.19 bits per heavy atom. The minimum atomic E-state index is -0.973. The molecule has 0 fully saturated rings. The highest BCUT2D eigenvalue weighted by molar-refractivity contribution is 9.10. The summed E-state index contributed by atoms with van der Waals surface area (Å²) in [6, 6.07) is 13.0. The molecule has 0 unspecified atom stereocenters. The first-order chi connectivity index (χ1) is 10.0. The number of benzene rings is 2. The summed E-state index contributed by atoms with van der Waals surface area (Å²) in [6.45, 7) is 0. The Labute approximate surface area is 138 Å². The van der Waals surface area contributed by atoms with E-state index in [1.54, 1.807) is 12.1 Å². The summed E-state index contributed by atoms with van der Waals surface area (Å²) in [5.74, 6) is -0.973. The number of carbonyl (C=O) groups is 1. The van der Waals surface area contributed by atoms with E-state index in [4.69, 9.17) is 11.6 Å². The number of halogens is 2. The second kappa shape index (κ2) is 5.75. The molecule has 3 nitrogen and oxygen atoms in total. The van der Waals surface area contributed by atoms with E-state index < -0.39 is 5.97 Å². The summed E-state index contributed by atoms with van der Waals surface area (Å²) in [6.07, 6.45) is 0. The maximum Gasteiger partial charge on any atom is 0.353 e. The molecule has 0 saturated carbocycles. The Kier molecular flexibility index (Phi) is 3.97. The maximum atomic E-state index is 11.4. The molecule has 0 amide bonds. The number of aromatic carboxylic acids is 1. The first-order valence-corrected chi connectivity index (χ1v) is 8.01. The highest BCUT2D eigenvalue weighted by atomic mass is 79.9. The molecule has 0 aliphatic carbocycles. The molecule has 0 saturated heterocycles. The van der Waals surface area contributed by atoms with Crippen LogP contribution < -0.4 is 0 Å². The van der Waals surface area contributed by atoms with E-state index >= 15 is 0 Å². The fourth-order valence-electron chi connectivity index (χ4n) is 2.02. The van der Waals surface area contributed by atoms with Crippen molar-refractivity contribution in [1.29, 1.82) is 0 Å². The first kappa shape index (κ1) is 14.5. The van der Waals surface area contributed by atoms with Crippen LogP contribution in [0.1, 0.15) is 10.5 Å². The molecule has 1 heterocycles. The van der Waals surface area contributed by atoms with Crippen LogP contribution in [0.25, 0.3) is 10.9 Å². The summed E-state index contributed by atoms with van der Waals surface area (Å²) in [5, 5.41) is 10.9. The molecule has 2 aromatic carbocycles. The second-order valence-electron chi connectivity index (χ2n) is 4.38. The normalized spacial score (nSPS) is 11.0. The summed E-state index contributed by atoms with van der Waals surface area (Å²) >= 11 is 10.7. The van der Waals surface area contributed by atoms with Crippen molar-refractivity contribution in [1.82, 2.24) is 4.98 Å². The largest absolute Gasteiger partial charge is 0.477 e. The minimum Gasteiger partial charge on any atom is -0.477 e. The number of aromatic nitrogens is 1. The topological polar surface area (TPSA) is 53.1 Å². The van der Waals surface area contributed by atoms with E-state index in [1.165, 1.54) is 11.8 Å². The fourth-order valence-corrected chi connectivity index (χ4v) is 3.54. The lowest BCUT2D eigenvalue weighted by atomic mass is 10.2. The third-order valence-electron chi connectivity index (χ3n) is 2.96. The van der Waals surface area contributed by atoms with Crippen LogP contribution in [0.3, 0.4) is 0 Å². The Morgan fingerprint density at radius 2 is 1.90 bits per heavy atom. The summed E-state index contributed by atoms with van der Waals surface area (Å²) in [7, 11) is 0. The monoisotopic (exact) mass is 381 g/mol. The van der Waals surface area contributed by atoms with Crippen molar-refractivity contribution in [2.24, 2.45) is 0 Å². The molecule has 1 aromatic heterocycles. The molecule has 0 aliphatic rings. The number of nitrogens with one attached hydrogen (secondary N) is 1. The molecule has 21 heavy (non-hydrogen) atoms. The zero-order valence-corrected chi connectivity index (χ0v) is 13.7. The number of carboxylic acids is 1. The van der Waals surface area contributed by atoms with Gasteiger partial charge in [-0.15, -0.1) is 0 Å². The minimum absolute atomic E-state index is 0.197. The van der Waals surface area contributed by atoms with E-state index in [0.29, 0.717) is 9.92 Å². The molecule has 0 bridgehead atoms. The number of rotatable bonds is 3. The number of carboxylic acid groups (broad SMARTS) is 1. The Balaban J connectivity index is 2.13. The van der Waals surface area contributed by atoms with Crippen LogP contribution in [-0.2, 0) is 0 Å². The van der Waals surface area contributed by atoms with Crippen molar-refractivity contribution in [2.75, 3.05) is 0 Å². The lowest BCUT2D eigenvalue weighted by Crippen LogP contribution is -1.97. The number of hydrogen-bond donors (Lipinski definition) is 2. The molecule has 6 heteroatoms. The average molecular weight is 383 g/mol. The summed E-state index contributed by atoms with van der Waals surface area (Å²) in [4.78, 5) is 16.0. The molecule has 2 N–H and O–H groups in total. The predicted molar refractivity (Wildman–Crippen MR) is 88.5 cm³/mol. The van der Waals surface area contributed by atoms with Gasteiger partial charge < -0.3 is 10.1 Å². The number of H-pyrrole nitrogens is 1. The van der Waals surface area contributed by atoms with Crippen molar-refractivity contribution in [3.63, 3.8) is 0 Å². The highest BCUT2D eigenvalue weighted by Gasteiger charge is 2.18. The van der Waals surface area contributed by atoms with Gasteiger partial charge in [0.05, 0.1) is 4.90 Å². The molecule has 0 radical (unpaired) electrons. The SMILES string of the molecule is O=C(O)c1[nH]c2cc(Br)ccc2c1Sc1ccc(Cl)cc1. The standard InChI is InChI=1S/C15H9BrClNO2S/c16-8-1-6-11-12(7-8)18-13(15(19)20)14(11)21-10-4-2-9(17)3-5-10/h1-7,18H,(H,19,20). The van der Waals surface area contributed by atoms with Crippen LogP contribution in [0, 0.1) is 0 Å². The third kappa shape index (κ3) is 2.95. The van der Waals surface area contributed by atoms with Gasteiger partial charge >= 0.3 is 5.97 Å². The zero-order valence-electron chi connectivity index (χ0n) is 10.6. The molecule has 0 atom stereocenters. The Morgan fingerprint density at radius 3 is 2.57 bits per heavy atom. The Bertz CT molecular complexity index is 830. The lowest BCUT2D eigenvalue weighted by molar-refractivity contribution is 0.0688. The van der Waals surface area contributed by atoms with Crippen molar-refractivity contribution in [3.05, 3.63) is 57.7 Å². The van der Waals surface area contributed by atoms with Crippen LogP contribution in [0.15, 0.2) is 56.7 Å². The van der Waals surface area contributed by atoms with Crippen molar-refractivity contribution >= 4 is 56.2 Å². The van der Waals surface area contributed by atoms with Crippen LogP contribution >= 0.6 is 39.3 Å². The molecule has 0 spiro atoms. The lowest BCUT2D eigenvalue weighted by Gasteiger charge is -2.02. The molecule has 106 valence electrons. The van der Waals surface area contributed by atoms with Gasteiger partial charge in [0, 0.05) is 25.3 Å². The van der Waals surface area contributed by atoms with E-state index in [0.717, 1.165) is 20.3 Å². The van der Waals surface area contributed by atoms with Crippen LogP contribution in [0.2, 0.25) is 5.02 Å². The van der Waals surface area contributed by atoms with E-state index in [2.05, 4.69) is 20.9 Å². The van der Waals surface area contributed by atoms with Crippen LogP contribution in [0.5, 0.6) is 0 Å². The average Bonchev–Trinajstić information content (AvgIpc) is 2.79. The molecule has 3 aromatic rings. The predicted octanol–water partition coefficient (Wildman–Crippen LogP) is 5.43. The van der Waals surface area contributed by atoms with Gasteiger partial charge in [0.2, 0.25) is 0 Å². The molecular weight excluding hydrogens is 374 g/mol.